The molecule has 0 bridgehead atoms. The molecule has 4 aromatic carbocycles. The van der Waals surface area contributed by atoms with Crippen LogP contribution in [0.5, 0.6) is 23.0 Å². The van der Waals surface area contributed by atoms with E-state index in [1.807, 2.05) is 42.0 Å². The van der Waals surface area contributed by atoms with E-state index in [2.05, 4.69) is 55.7 Å². The van der Waals surface area contributed by atoms with Crippen molar-refractivity contribution >= 4 is 51.1 Å². The van der Waals surface area contributed by atoms with Gasteiger partial charge in [0.05, 0.1) is 33.2 Å². The predicted molar refractivity (Wildman–Crippen MR) is 269 cm³/mol. The summed E-state index contributed by atoms with van der Waals surface area (Å²) in [6.45, 7) is 19.3. The summed E-state index contributed by atoms with van der Waals surface area (Å²) in [4.78, 5) is 38.7. The summed E-state index contributed by atoms with van der Waals surface area (Å²) in [7, 11) is 0. The number of carbonyl (C=O) groups excluding carboxylic acids is 3. The van der Waals surface area contributed by atoms with E-state index in [0.29, 0.717) is 67.5 Å². The summed E-state index contributed by atoms with van der Waals surface area (Å²) in [5.74, 6) is -2.45. The van der Waals surface area contributed by atoms with Crippen molar-refractivity contribution in [1.82, 2.24) is 14.5 Å². The smallest absolute Gasteiger partial charge is 0.444 e. The van der Waals surface area contributed by atoms with Gasteiger partial charge in [-0.3, -0.25) is 9.59 Å². The Morgan fingerprint density at radius 2 is 0.987 bits per heavy atom. The lowest BCUT2D eigenvalue weighted by Crippen LogP contribution is -2.34. The minimum Gasteiger partial charge on any atom is -0.444 e. The highest BCUT2D eigenvalue weighted by atomic mass is 19.3. The van der Waals surface area contributed by atoms with Gasteiger partial charge >= 0.3 is 18.7 Å². The number of nitrogens with one attached hydrogen (secondary N) is 3. The number of alkyl carbamates (subject to hydrolysis) is 1. The van der Waals surface area contributed by atoms with Crippen LogP contribution < -0.4 is 40.6 Å². The molecule has 2 fully saturated rings. The van der Waals surface area contributed by atoms with Crippen LogP contribution in [0, 0.1) is 11.6 Å². The molecule has 2 aliphatic heterocycles. The SMILES string of the molecule is CC(C)(C)OC(=O)NCCn1c(C(C)(C)C)cc2cc(NC(=O)C3(c4ccc5c(c4)OC(F)(F)O5)CC3)c(F)cc21.CC(C)(C)c1cc2cc(NC(=O)C3(c4ccc5c(c4)OC(F)(F)O5)CC3)c(F)cc2n1CCN. The number of hydrogen-bond donors (Lipinski definition) is 4. The number of nitrogens with zero attached hydrogens (tertiary/aromatic N) is 2. The summed E-state index contributed by atoms with van der Waals surface area (Å²) >= 11 is 0. The molecule has 2 aliphatic carbocycles. The molecule has 75 heavy (non-hydrogen) atoms. The zero-order valence-electron chi connectivity index (χ0n) is 43.1. The number of amides is 3. The fourth-order valence-electron chi connectivity index (χ4n) is 9.72. The third-order valence-corrected chi connectivity index (χ3v) is 13.6. The number of fused-ring (bicyclic) bond motifs is 4. The van der Waals surface area contributed by atoms with Crippen LogP contribution in [0.15, 0.2) is 72.8 Å². The molecule has 20 heteroatoms. The Morgan fingerprint density at radius 1 is 0.587 bits per heavy atom. The number of rotatable bonds is 11. The number of ether oxygens (including phenoxy) is 5. The van der Waals surface area contributed by atoms with Crippen molar-refractivity contribution < 1.29 is 64.4 Å². The molecule has 3 amide bonds. The molecule has 0 spiro atoms. The van der Waals surface area contributed by atoms with Gasteiger partial charge in [-0.15, -0.1) is 17.6 Å². The number of aromatic nitrogens is 2. The van der Waals surface area contributed by atoms with Gasteiger partial charge in [-0.2, -0.15) is 0 Å². The van der Waals surface area contributed by atoms with E-state index in [1.54, 1.807) is 45.0 Å². The monoisotopic (exact) mass is 1050 g/mol. The fraction of sp³-hybridized carbons (Fsp3) is 0.436. The molecular formula is C55H60F6N6O8. The number of alkyl halides is 4. The standard InChI is InChI=1S/C30H34F3N3O5.C25H26F3N3O3/c1-27(2,3)24-14-17-13-20(19(31)16-21(17)36(24)12-11-34-26(38)41-28(4,5)6)35-25(37)29(9-10-29)18-7-8-22-23(15-18)40-30(32,33)39-22;1-23(2,3)21-11-14-10-17(16(26)13-18(14)31(21)9-8-29)30-22(32)24(6-7-24)15-4-5-19-20(12-15)34-25(27,28)33-19/h7-8,13-16H,9-12H2,1-6H3,(H,34,38)(H,35,37);4-5,10-13H,6-9,29H2,1-3H3,(H,30,32). The Bertz CT molecular complexity index is 3270. The lowest BCUT2D eigenvalue weighted by molar-refractivity contribution is -0.287. The highest BCUT2D eigenvalue weighted by molar-refractivity contribution is 6.04. The van der Waals surface area contributed by atoms with E-state index in [-0.39, 0.29) is 51.7 Å². The van der Waals surface area contributed by atoms with Crippen molar-refractivity contribution in [3.05, 3.63) is 107 Å². The summed E-state index contributed by atoms with van der Waals surface area (Å²) in [5, 5.41) is 9.70. The van der Waals surface area contributed by atoms with E-state index >= 15 is 8.78 Å². The Hall–Kier alpha value is -7.09. The molecule has 0 atom stereocenters. The van der Waals surface area contributed by atoms with Crippen molar-refractivity contribution in [2.45, 2.75) is 141 Å². The Labute approximate surface area is 429 Å². The molecule has 2 aromatic heterocycles. The minimum absolute atomic E-state index is 0.0190. The van der Waals surface area contributed by atoms with Gasteiger partial charge in [0.15, 0.2) is 23.0 Å². The molecule has 5 N–H and O–H groups in total. The van der Waals surface area contributed by atoms with Crippen molar-refractivity contribution in [2.24, 2.45) is 5.73 Å². The molecular weight excluding hydrogens is 987 g/mol. The molecule has 0 radical (unpaired) electrons. The van der Waals surface area contributed by atoms with Crippen LogP contribution in [0.1, 0.15) is 111 Å². The highest BCUT2D eigenvalue weighted by Gasteiger charge is 2.54. The molecule has 0 saturated heterocycles. The van der Waals surface area contributed by atoms with Crippen molar-refractivity contribution in [2.75, 3.05) is 23.7 Å². The van der Waals surface area contributed by atoms with Crippen LogP contribution in [0.4, 0.5) is 42.5 Å². The first-order chi connectivity index (χ1) is 34.9. The third kappa shape index (κ3) is 10.6. The van der Waals surface area contributed by atoms with E-state index in [0.717, 1.165) is 22.2 Å². The van der Waals surface area contributed by atoms with Crippen molar-refractivity contribution in [3.63, 3.8) is 0 Å². The van der Waals surface area contributed by atoms with Crippen molar-refractivity contribution in [3.8, 4) is 23.0 Å². The third-order valence-electron chi connectivity index (χ3n) is 13.6. The van der Waals surface area contributed by atoms with Gasteiger partial charge in [0, 0.05) is 71.3 Å². The zero-order chi connectivity index (χ0) is 54.4. The van der Waals surface area contributed by atoms with Gasteiger partial charge in [0.25, 0.3) is 0 Å². The maximum absolute atomic E-state index is 15.4. The van der Waals surface area contributed by atoms with Crippen LogP contribution in [0.25, 0.3) is 21.8 Å². The first kappa shape index (κ1) is 52.8. The van der Waals surface area contributed by atoms with E-state index in [4.69, 9.17) is 10.5 Å². The quantitative estimate of drug-likeness (QED) is 0.0923. The van der Waals surface area contributed by atoms with E-state index in [1.165, 1.54) is 36.4 Å². The Morgan fingerprint density at radius 3 is 1.36 bits per heavy atom. The van der Waals surface area contributed by atoms with Gasteiger partial charge < -0.3 is 54.5 Å². The number of hydrogen-bond acceptors (Lipinski definition) is 9. The maximum atomic E-state index is 15.4. The van der Waals surface area contributed by atoms with Gasteiger partial charge in [0.1, 0.15) is 17.2 Å². The number of anilines is 2. The topological polar surface area (TPSA) is 169 Å². The molecule has 2 saturated carbocycles. The normalized spacial score (nSPS) is 17.3. The number of nitrogens with two attached hydrogens (primary N) is 1. The lowest BCUT2D eigenvalue weighted by Gasteiger charge is -2.23. The van der Waals surface area contributed by atoms with Crippen LogP contribution in [0.3, 0.4) is 0 Å². The van der Waals surface area contributed by atoms with Crippen LogP contribution in [0.2, 0.25) is 0 Å². The molecule has 4 aliphatic rings. The zero-order valence-corrected chi connectivity index (χ0v) is 43.1. The summed E-state index contributed by atoms with van der Waals surface area (Å²) < 4.78 is 111. The molecule has 0 unspecified atom stereocenters. The van der Waals surface area contributed by atoms with E-state index in [9.17, 15) is 31.9 Å². The average Bonchev–Trinajstić information content (AvgIpc) is 4.16. The Balaban J connectivity index is 0.000000187. The molecule has 6 aromatic rings. The second kappa shape index (κ2) is 18.3. The summed E-state index contributed by atoms with van der Waals surface area (Å²) in [6.07, 6.45) is -6.04. The first-order valence-corrected chi connectivity index (χ1v) is 24.7. The van der Waals surface area contributed by atoms with Crippen LogP contribution in [-0.2, 0) is 49.1 Å². The molecule has 4 heterocycles. The van der Waals surface area contributed by atoms with E-state index < -0.39 is 58.6 Å². The lowest BCUT2D eigenvalue weighted by atomic mass is 9.92. The van der Waals surface area contributed by atoms with Crippen LogP contribution in [-0.4, -0.2) is 58.3 Å². The average molecular weight is 1050 g/mol. The minimum atomic E-state index is -3.76. The van der Waals surface area contributed by atoms with Gasteiger partial charge in [0.2, 0.25) is 11.8 Å². The summed E-state index contributed by atoms with van der Waals surface area (Å²) in [6, 6.07) is 18.5. The number of benzene rings is 4. The second-order valence-electron chi connectivity index (χ2n) is 22.6. The van der Waals surface area contributed by atoms with Gasteiger partial charge in [-0.25, -0.2) is 13.6 Å². The highest BCUT2D eigenvalue weighted by Crippen LogP contribution is 2.54. The second-order valence-corrected chi connectivity index (χ2v) is 22.6. The molecule has 10 rings (SSSR count). The number of halogens is 6. The largest absolute Gasteiger partial charge is 0.586 e. The fourth-order valence-corrected chi connectivity index (χ4v) is 9.72. The maximum Gasteiger partial charge on any atom is 0.586 e. The van der Waals surface area contributed by atoms with Gasteiger partial charge in [-0.05, 0) is 106 Å². The Kier molecular flexibility index (Phi) is 12.9. The summed E-state index contributed by atoms with van der Waals surface area (Å²) in [5.41, 5.74) is 7.17. The molecule has 400 valence electrons. The molecule has 14 nitrogen and oxygen atoms in total. The van der Waals surface area contributed by atoms with Crippen LogP contribution >= 0.6 is 0 Å². The predicted octanol–water partition coefficient (Wildman–Crippen LogP) is 11.6. The first-order valence-electron chi connectivity index (χ1n) is 24.7. The van der Waals surface area contributed by atoms with Crippen molar-refractivity contribution in [1.29, 1.82) is 0 Å². The van der Waals surface area contributed by atoms with Gasteiger partial charge in [-0.1, -0.05) is 53.7 Å². The number of carbonyl (C=O) groups is 3.